The number of alkyl halides is 2. The Morgan fingerprint density at radius 1 is 1.35 bits per heavy atom. The van der Waals surface area contributed by atoms with Gasteiger partial charge in [0.1, 0.15) is 23.2 Å². The van der Waals surface area contributed by atoms with Crippen molar-refractivity contribution in [1.82, 2.24) is 9.97 Å². The third-order valence-corrected chi connectivity index (χ3v) is 2.71. The average molecular weight is 322 g/mol. The highest BCUT2D eigenvalue weighted by Gasteiger charge is 2.21. The molecule has 0 bridgehead atoms. The number of nitrogens with two attached hydrogens (primary N) is 2. The Labute approximate surface area is 127 Å². The van der Waals surface area contributed by atoms with Crippen molar-refractivity contribution in [3.05, 3.63) is 33.9 Å². The lowest BCUT2D eigenvalue weighted by Crippen LogP contribution is -2.08. The number of nitro groups is 1. The molecule has 0 atom stereocenters. The molecule has 11 heteroatoms. The fourth-order valence-electron chi connectivity index (χ4n) is 1.82. The van der Waals surface area contributed by atoms with Gasteiger partial charge < -0.3 is 16.2 Å². The van der Waals surface area contributed by atoms with E-state index in [1.165, 1.54) is 0 Å². The molecule has 23 heavy (non-hydrogen) atoms. The van der Waals surface area contributed by atoms with E-state index in [2.05, 4.69) is 14.7 Å². The summed E-state index contributed by atoms with van der Waals surface area (Å²) in [5.74, 6) is -1.03. The molecule has 118 valence electrons. The second kappa shape index (κ2) is 6.06. The number of nitrogens with zero attached hydrogens (tertiary/aromatic N) is 4. The van der Waals surface area contributed by atoms with E-state index in [9.17, 15) is 18.9 Å². The molecule has 0 spiro atoms. The second-order valence-electron chi connectivity index (χ2n) is 4.12. The normalized spacial score (nSPS) is 10.3. The number of aromatic nitrogens is 2. The summed E-state index contributed by atoms with van der Waals surface area (Å²) in [6, 6.07) is 4.57. The molecule has 9 nitrogen and oxygen atoms in total. The fraction of sp³-hybridized carbons (Fsp3) is 0.0833. The molecule has 0 aliphatic carbocycles. The van der Waals surface area contributed by atoms with Gasteiger partial charge in [-0.05, 0) is 6.07 Å². The third-order valence-electron chi connectivity index (χ3n) is 2.71. The number of hydrogen-bond donors (Lipinski definition) is 2. The molecule has 2 rings (SSSR count). The molecule has 1 heterocycles. The predicted octanol–water partition coefficient (Wildman–Crippen LogP) is 1.69. The molecule has 0 radical (unpaired) electrons. The van der Waals surface area contributed by atoms with Crippen LogP contribution in [0.2, 0.25) is 0 Å². The Morgan fingerprint density at radius 3 is 2.61 bits per heavy atom. The number of nitro benzene ring substituents is 1. The summed E-state index contributed by atoms with van der Waals surface area (Å²) in [6.45, 7) is -3.18. The van der Waals surface area contributed by atoms with E-state index < -0.39 is 23.0 Å². The summed E-state index contributed by atoms with van der Waals surface area (Å²) in [5.41, 5.74) is 9.83. The topological polar surface area (TPSA) is 154 Å². The zero-order valence-corrected chi connectivity index (χ0v) is 11.2. The molecule has 0 aliphatic rings. The van der Waals surface area contributed by atoms with E-state index >= 15 is 0 Å². The van der Waals surface area contributed by atoms with Crippen molar-refractivity contribution >= 4 is 17.5 Å². The standard InChI is InChI=1S/C12H8F2N6O3/c13-11(14)23-8-2-1-5(20(21)22)3-6(8)9-7(4-15)10(16)19-12(17)18-9/h1-3,11H,(H4,16,17,18,19). The van der Waals surface area contributed by atoms with Crippen molar-refractivity contribution in [2.75, 3.05) is 11.5 Å². The van der Waals surface area contributed by atoms with Gasteiger partial charge in [0, 0.05) is 12.1 Å². The lowest BCUT2D eigenvalue weighted by atomic mass is 10.0. The first-order valence-corrected chi connectivity index (χ1v) is 5.90. The van der Waals surface area contributed by atoms with Gasteiger partial charge in [0.25, 0.3) is 5.69 Å². The van der Waals surface area contributed by atoms with Crippen LogP contribution in [-0.2, 0) is 0 Å². The number of rotatable bonds is 4. The highest BCUT2D eigenvalue weighted by molar-refractivity contribution is 5.78. The Bertz CT molecular complexity index is 821. The van der Waals surface area contributed by atoms with E-state index in [0.717, 1.165) is 18.2 Å². The van der Waals surface area contributed by atoms with Crippen LogP contribution >= 0.6 is 0 Å². The number of nitriles is 1. The highest BCUT2D eigenvalue weighted by atomic mass is 19.3. The maximum absolute atomic E-state index is 12.5. The molecule has 0 amide bonds. The van der Waals surface area contributed by atoms with Gasteiger partial charge in [-0.25, -0.2) is 4.98 Å². The summed E-state index contributed by atoms with van der Waals surface area (Å²) >= 11 is 0. The molecule has 2 aromatic rings. The van der Waals surface area contributed by atoms with E-state index in [4.69, 9.17) is 16.7 Å². The minimum Gasteiger partial charge on any atom is -0.434 e. The van der Waals surface area contributed by atoms with Crippen molar-refractivity contribution in [3.8, 4) is 23.1 Å². The minimum atomic E-state index is -3.18. The maximum atomic E-state index is 12.5. The number of hydrogen-bond acceptors (Lipinski definition) is 8. The smallest absolute Gasteiger partial charge is 0.387 e. The molecule has 0 saturated carbocycles. The SMILES string of the molecule is N#Cc1c(N)nc(N)nc1-c1cc([N+](=O)[O-])ccc1OC(F)F. The van der Waals surface area contributed by atoms with Crippen LogP contribution in [0.3, 0.4) is 0 Å². The van der Waals surface area contributed by atoms with Crippen LogP contribution in [0.5, 0.6) is 5.75 Å². The zero-order valence-electron chi connectivity index (χ0n) is 11.2. The van der Waals surface area contributed by atoms with E-state index in [1.807, 2.05) is 0 Å². The van der Waals surface area contributed by atoms with Gasteiger partial charge in [-0.1, -0.05) is 0 Å². The maximum Gasteiger partial charge on any atom is 0.387 e. The number of nitrogen functional groups attached to an aromatic ring is 2. The Balaban J connectivity index is 2.77. The average Bonchev–Trinajstić information content (AvgIpc) is 2.46. The first kappa shape index (κ1) is 15.8. The molecule has 1 aromatic carbocycles. The van der Waals surface area contributed by atoms with Gasteiger partial charge in [-0.3, -0.25) is 10.1 Å². The predicted molar refractivity (Wildman–Crippen MR) is 74.3 cm³/mol. The summed E-state index contributed by atoms with van der Waals surface area (Å²) in [4.78, 5) is 17.5. The molecule has 0 saturated heterocycles. The van der Waals surface area contributed by atoms with E-state index in [-0.39, 0.29) is 28.6 Å². The van der Waals surface area contributed by atoms with Gasteiger partial charge in [0.2, 0.25) is 5.95 Å². The van der Waals surface area contributed by atoms with Crippen molar-refractivity contribution in [1.29, 1.82) is 5.26 Å². The summed E-state index contributed by atoms with van der Waals surface area (Å²) < 4.78 is 29.3. The van der Waals surface area contributed by atoms with Crippen LogP contribution in [0.25, 0.3) is 11.3 Å². The van der Waals surface area contributed by atoms with Crippen LogP contribution in [-0.4, -0.2) is 21.5 Å². The van der Waals surface area contributed by atoms with Crippen LogP contribution in [0, 0.1) is 21.4 Å². The quantitative estimate of drug-likeness (QED) is 0.636. The largest absolute Gasteiger partial charge is 0.434 e. The van der Waals surface area contributed by atoms with Gasteiger partial charge in [-0.15, -0.1) is 0 Å². The summed E-state index contributed by atoms with van der Waals surface area (Å²) in [6.07, 6.45) is 0. The summed E-state index contributed by atoms with van der Waals surface area (Å²) in [7, 11) is 0. The lowest BCUT2D eigenvalue weighted by molar-refractivity contribution is -0.384. The first-order valence-electron chi connectivity index (χ1n) is 5.90. The Hall–Kier alpha value is -3.55. The number of halogens is 2. The monoisotopic (exact) mass is 322 g/mol. The molecule has 0 fully saturated rings. The van der Waals surface area contributed by atoms with Gasteiger partial charge >= 0.3 is 6.61 Å². The summed E-state index contributed by atoms with van der Waals surface area (Å²) in [5, 5.41) is 20.0. The Morgan fingerprint density at radius 2 is 2.04 bits per heavy atom. The number of benzene rings is 1. The first-order chi connectivity index (χ1) is 10.8. The second-order valence-corrected chi connectivity index (χ2v) is 4.12. The fourth-order valence-corrected chi connectivity index (χ4v) is 1.82. The molecular weight excluding hydrogens is 314 g/mol. The lowest BCUT2D eigenvalue weighted by Gasteiger charge is -2.12. The van der Waals surface area contributed by atoms with Crippen molar-refractivity contribution in [3.63, 3.8) is 0 Å². The van der Waals surface area contributed by atoms with Crippen molar-refractivity contribution < 1.29 is 18.4 Å². The van der Waals surface area contributed by atoms with E-state index in [0.29, 0.717) is 0 Å². The van der Waals surface area contributed by atoms with Gasteiger partial charge in [0.05, 0.1) is 16.2 Å². The van der Waals surface area contributed by atoms with Gasteiger partial charge in [-0.2, -0.15) is 19.0 Å². The number of ether oxygens (including phenoxy) is 1. The Kier molecular flexibility index (Phi) is 4.17. The van der Waals surface area contributed by atoms with Gasteiger partial charge in [0.15, 0.2) is 0 Å². The minimum absolute atomic E-state index is 0.225. The van der Waals surface area contributed by atoms with Crippen LogP contribution in [0.4, 0.5) is 26.2 Å². The van der Waals surface area contributed by atoms with E-state index in [1.54, 1.807) is 6.07 Å². The van der Waals surface area contributed by atoms with Crippen LogP contribution in [0.1, 0.15) is 5.56 Å². The van der Waals surface area contributed by atoms with Crippen molar-refractivity contribution in [2.45, 2.75) is 6.61 Å². The van der Waals surface area contributed by atoms with Crippen molar-refractivity contribution in [2.24, 2.45) is 0 Å². The van der Waals surface area contributed by atoms with Crippen LogP contribution in [0.15, 0.2) is 18.2 Å². The molecular formula is C12H8F2N6O3. The molecule has 0 aliphatic heterocycles. The molecule has 0 unspecified atom stereocenters. The van der Waals surface area contributed by atoms with Crippen LogP contribution < -0.4 is 16.2 Å². The molecule has 4 N–H and O–H groups in total. The number of non-ortho nitro benzene ring substituents is 1. The highest BCUT2D eigenvalue weighted by Crippen LogP contribution is 2.36. The molecule has 1 aromatic heterocycles. The zero-order chi connectivity index (χ0) is 17.1. The third kappa shape index (κ3) is 3.21. The number of anilines is 2.